The molecule has 9 nitrogen and oxygen atoms in total. The zero-order valence-electron chi connectivity index (χ0n) is 27.5. The second-order valence-electron chi connectivity index (χ2n) is 11.3. The van der Waals surface area contributed by atoms with Crippen LogP contribution >= 0.6 is 0 Å². The van der Waals surface area contributed by atoms with Gasteiger partial charge in [-0.25, -0.2) is 0 Å². The van der Waals surface area contributed by atoms with Crippen molar-refractivity contribution in [1.29, 1.82) is 0 Å². The Balaban J connectivity index is 1.51. The van der Waals surface area contributed by atoms with E-state index in [1.54, 1.807) is 0 Å². The average molecular weight is 614 g/mol. The Morgan fingerprint density at radius 2 is 1.39 bits per heavy atom. The first kappa shape index (κ1) is 37.0. The zero-order valence-corrected chi connectivity index (χ0v) is 27.5. The van der Waals surface area contributed by atoms with Crippen LogP contribution < -0.4 is 16.0 Å². The minimum atomic E-state index is -0.230. The van der Waals surface area contributed by atoms with Gasteiger partial charge in [0.1, 0.15) is 36.3 Å². The van der Waals surface area contributed by atoms with Crippen LogP contribution in [-0.4, -0.2) is 37.6 Å². The smallest absolute Gasteiger partial charge is 0.306 e. The molecule has 2 rings (SSSR count). The molecule has 0 aromatic carbocycles. The molecule has 0 spiro atoms. The molecule has 2 aromatic heterocycles. The summed E-state index contributed by atoms with van der Waals surface area (Å²) in [5.74, 6) is 2.85. The van der Waals surface area contributed by atoms with E-state index in [9.17, 15) is 9.59 Å². The molecule has 0 amide bonds. The van der Waals surface area contributed by atoms with Gasteiger partial charge in [0.25, 0.3) is 0 Å². The molecule has 0 aliphatic carbocycles. The highest BCUT2D eigenvalue weighted by Crippen LogP contribution is 2.18. The topological polar surface area (TPSA) is 115 Å². The average Bonchev–Trinajstić information content (AvgIpc) is 3.68. The summed E-state index contributed by atoms with van der Waals surface area (Å²) >= 11 is 0. The van der Waals surface area contributed by atoms with Crippen molar-refractivity contribution in [3.8, 4) is 0 Å². The van der Waals surface area contributed by atoms with E-state index in [0.29, 0.717) is 49.8 Å². The number of unbranched alkanes of at least 4 members (excludes halogenated alkanes) is 1. The predicted octanol–water partition coefficient (Wildman–Crippen LogP) is 6.73. The van der Waals surface area contributed by atoms with Crippen LogP contribution in [0.1, 0.15) is 103 Å². The van der Waals surface area contributed by atoms with E-state index in [1.165, 1.54) is 5.57 Å². The number of rotatable bonds is 24. The Hall–Kier alpha value is -3.14. The van der Waals surface area contributed by atoms with Gasteiger partial charge in [0, 0.05) is 32.0 Å². The van der Waals surface area contributed by atoms with Crippen molar-refractivity contribution >= 4 is 11.9 Å². The first-order chi connectivity index (χ1) is 21.3. The SMILES string of the molecule is C/C=C/CC/C=C(/C)C(C)CCC(=O)OCc1ccc(CNCCNC(C)CCC(=O)OCc2ccc(CNCCC)o2)o1. The van der Waals surface area contributed by atoms with Gasteiger partial charge in [-0.05, 0) is 89.6 Å². The Bertz CT molecular complexity index is 1140. The zero-order chi connectivity index (χ0) is 32.0. The molecule has 44 heavy (non-hydrogen) atoms. The number of esters is 2. The van der Waals surface area contributed by atoms with E-state index in [1.807, 2.05) is 31.2 Å². The molecule has 2 atom stereocenters. The predicted molar refractivity (Wildman–Crippen MR) is 174 cm³/mol. The quantitative estimate of drug-likeness (QED) is 0.0674. The van der Waals surface area contributed by atoms with Crippen LogP contribution in [0, 0.1) is 5.92 Å². The Morgan fingerprint density at radius 1 is 0.818 bits per heavy atom. The lowest BCUT2D eigenvalue weighted by atomic mass is 9.96. The van der Waals surface area contributed by atoms with Gasteiger partial charge < -0.3 is 34.3 Å². The molecule has 0 saturated heterocycles. The molecule has 0 aliphatic heterocycles. The molecular weight excluding hydrogens is 558 g/mol. The normalized spacial score (nSPS) is 13.3. The number of allylic oxidation sites excluding steroid dienone is 4. The van der Waals surface area contributed by atoms with Crippen molar-refractivity contribution < 1.29 is 27.9 Å². The Labute approximate surface area is 264 Å². The lowest BCUT2D eigenvalue weighted by Gasteiger charge is -2.13. The largest absolute Gasteiger partial charge is 0.461 e. The number of ether oxygens (including phenoxy) is 2. The second-order valence-corrected chi connectivity index (χ2v) is 11.3. The number of hydrogen-bond donors (Lipinski definition) is 3. The summed E-state index contributed by atoms with van der Waals surface area (Å²) in [6.45, 7) is 14.5. The summed E-state index contributed by atoms with van der Waals surface area (Å²) < 4.78 is 22.3. The van der Waals surface area contributed by atoms with Crippen LogP contribution in [0.15, 0.2) is 56.9 Å². The number of furan rings is 2. The van der Waals surface area contributed by atoms with Crippen LogP contribution in [0.25, 0.3) is 0 Å². The Kier molecular flexibility index (Phi) is 18.8. The van der Waals surface area contributed by atoms with Gasteiger partial charge in [0.2, 0.25) is 0 Å². The number of carbonyl (C=O) groups is 2. The fraction of sp³-hybridized carbons (Fsp3) is 0.600. The van der Waals surface area contributed by atoms with Gasteiger partial charge in [0.15, 0.2) is 0 Å². The monoisotopic (exact) mass is 613 g/mol. The van der Waals surface area contributed by atoms with E-state index in [0.717, 1.165) is 56.8 Å². The molecule has 0 aliphatic rings. The minimum Gasteiger partial charge on any atom is -0.461 e. The third kappa shape index (κ3) is 16.6. The summed E-state index contributed by atoms with van der Waals surface area (Å²) in [6.07, 6.45) is 11.8. The fourth-order valence-corrected chi connectivity index (χ4v) is 4.42. The number of hydrogen-bond acceptors (Lipinski definition) is 9. The van der Waals surface area contributed by atoms with Crippen LogP contribution in [-0.2, 0) is 45.4 Å². The van der Waals surface area contributed by atoms with Gasteiger partial charge in [-0.3, -0.25) is 9.59 Å². The first-order valence-corrected chi connectivity index (χ1v) is 16.2. The maximum Gasteiger partial charge on any atom is 0.306 e. The van der Waals surface area contributed by atoms with Crippen LogP contribution in [0.5, 0.6) is 0 Å². The summed E-state index contributed by atoms with van der Waals surface area (Å²) in [5, 5.41) is 10.0. The summed E-state index contributed by atoms with van der Waals surface area (Å²) in [4.78, 5) is 24.4. The van der Waals surface area contributed by atoms with E-state index < -0.39 is 0 Å². The maximum atomic E-state index is 12.2. The first-order valence-electron chi connectivity index (χ1n) is 16.2. The van der Waals surface area contributed by atoms with Crippen LogP contribution in [0.4, 0.5) is 0 Å². The minimum absolute atomic E-state index is 0.145. The molecule has 0 radical (unpaired) electrons. The van der Waals surface area contributed by atoms with Crippen molar-refractivity contribution in [2.45, 2.75) is 112 Å². The van der Waals surface area contributed by atoms with Crippen LogP contribution in [0.3, 0.4) is 0 Å². The van der Waals surface area contributed by atoms with E-state index in [4.69, 9.17) is 18.3 Å². The van der Waals surface area contributed by atoms with Crippen LogP contribution in [0.2, 0.25) is 0 Å². The standard InChI is InChI=1S/C35H55N3O6/c1-6-8-9-10-11-27(3)28(4)12-18-34(39)41-25-32-17-15-31(44-32)24-37-21-22-38-29(5)13-19-35(40)42-26-33-16-14-30(43-33)23-36-20-7-2/h6,8,11,14-17,28-29,36-38H,7,9-10,12-13,18-26H2,1-5H3/b8-6+,27-11-. The van der Waals surface area contributed by atoms with Gasteiger partial charge in [0.05, 0.1) is 13.1 Å². The lowest BCUT2D eigenvalue weighted by Crippen LogP contribution is -2.33. The highest BCUT2D eigenvalue weighted by atomic mass is 16.5. The molecule has 3 N–H and O–H groups in total. The highest BCUT2D eigenvalue weighted by Gasteiger charge is 2.12. The molecule has 2 aromatic rings. The summed E-state index contributed by atoms with van der Waals surface area (Å²) in [5.41, 5.74) is 1.32. The molecule has 0 bridgehead atoms. The third-order valence-corrected chi connectivity index (χ3v) is 7.38. The summed E-state index contributed by atoms with van der Waals surface area (Å²) in [6, 6.07) is 7.68. The molecular formula is C35H55N3O6. The van der Waals surface area contributed by atoms with E-state index >= 15 is 0 Å². The van der Waals surface area contributed by atoms with Gasteiger partial charge >= 0.3 is 11.9 Å². The molecule has 2 unspecified atom stereocenters. The van der Waals surface area contributed by atoms with Crippen molar-refractivity contribution in [2.24, 2.45) is 5.92 Å². The number of nitrogens with one attached hydrogen (secondary N) is 3. The molecule has 2 heterocycles. The van der Waals surface area contributed by atoms with E-state index in [2.05, 4.69) is 61.9 Å². The maximum absolute atomic E-state index is 12.2. The molecule has 9 heteroatoms. The Morgan fingerprint density at radius 3 is 1.98 bits per heavy atom. The molecule has 0 fully saturated rings. The van der Waals surface area contributed by atoms with Gasteiger partial charge in [-0.15, -0.1) is 0 Å². The lowest BCUT2D eigenvalue weighted by molar-refractivity contribution is -0.146. The van der Waals surface area contributed by atoms with E-state index in [-0.39, 0.29) is 31.2 Å². The highest BCUT2D eigenvalue weighted by molar-refractivity contribution is 5.69. The van der Waals surface area contributed by atoms with Crippen molar-refractivity contribution in [2.75, 3.05) is 19.6 Å². The van der Waals surface area contributed by atoms with Crippen molar-refractivity contribution in [1.82, 2.24) is 16.0 Å². The van der Waals surface area contributed by atoms with Crippen molar-refractivity contribution in [3.05, 3.63) is 71.1 Å². The third-order valence-electron chi connectivity index (χ3n) is 7.38. The molecule has 0 saturated carbocycles. The van der Waals surface area contributed by atoms with Crippen molar-refractivity contribution in [3.63, 3.8) is 0 Å². The summed E-state index contributed by atoms with van der Waals surface area (Å²) in [7, 11) is 0. The van der Waals surface area contributed by atoms with Gasteiger partial charge in [-0.1, -0.05) is 37.6 Å². The fourth-order valence-electron chi connectivity index (χ4n) is 4.42. The number of carbonyl (C=O) groups excluding carboxylic acids is 2. The molecule has 246 valence electrons. The second kappa shape index (κ2) is 22.4. The van der Waals surface area contributed by atoms with Gasteiger partial charge in [-0.2, -0.15) is 0 Å².